The van der Waals surface area contributed by atoms with E-state index >= 15 is 0 Å². The molecular weight excluding hydrogens is 145 g/mol. The van der Waals surface area contributed by atoms with Crippen LogP contribution in [0, 0.1) is 12.7 Å². The van der Waals surface area contributed by atoms with Gasteiger partial charge >= 0.3 is 0 Å². The molecule has 0 fully saturated rings. The molecular formula is C8H6FNO. The molecule has 2 rings (SSSR count). The van der Waals surface area contributed by atoms with Crippen LogP contribution in [0.5, 0.6) is 0 Å². The van der Waals surface area contributed by atoms with Crippen LogP contribution in [0.2, 0.25) is 0 Å². The summed E-state index contributed by atoms with van der Waals surface area (Å²) in [5.41, 5.74) is 1.78. The summed E-state index contributed by atoms with van der Waals surface area (Å²) >= 11 is 0. The highest BCUT2D eigenvalue weighted by Gasteiger charge is 2.02. The third-order valence-corrected chi connectivity index (χ3v) is 1.61. The number of aryl methyl sites for hydroxylation is 1. The molecule has 56 valence electrons. The Bertz CT molecular complexity index is 358. The molecule has 1 heterocycles. The van der Waals surface area contributed by atoms with Crippen molar-refractivity contribution in [1.29, 1.82) is 0 Å². The first-order valence-corrected chi connectivity index (χ1v) is 3.27. The molecule has 0 bridgehead atoms. The van der Waals surface area contributed by atoms with E-state index in [-0.39, 0.29) is 5.82 Å². The molecule has 0 unspecified atom stereocenters. The average molecular weight is 151 g/mol. The van der Waals surface area contributed by atoms with Crippen molar-refractivity contribution in [3.05, 3.63) is 29.9 Å². The van der Waals surface area contributed by atoms with Gasteiger partial charge in [-0.05, 0) is 18.6 Å². The molecule has 0 aliphatic heterocycles. The monoisotopic (exact) mass is 151 g/mol. The number of nitrogens with zero attached hydrogens (tertiary/aromatic N) is 1. The quantitative estimate of drug-likeness (QED) is 0.577. The Morgan fingerprint density at radius 1 is 1.45 bits per heavy atom. The lowest BCUT2D eigenvalue weighted by atomic mass is 10.2. The predicted molar refractivity (Wildman–Crippen MR) is 38.7 cm³/mol. The van der Waals surface area contributed by atoms with Crippen LogP contribution in [-0.2, 0) is 0 Å². The maximum Gasteiger partial charge on any atom is 0.181 e. The molecule has 0 aliphatic carbocycles. The molecule has 0 saturated carbocycles. The van der Waals surface area contributed by atoms with Gasteiger partial charge < -0.3 is 4.42 Å². The molecule has 0 aliphatic rings. The van der Waals surface area contributed by atoms with Crippen LogP contribution >= 0.6 is 0 Å². The van der Waals surface area contributed by atoms with Gasteiger partial charge in [-0.1, -0.05) is 0 Å². The number of oxazole rings is 1. The second-order valence-electron chi connectivity index (χ2n) is 2.42. The Balaban J connectivity index is 2.86. The number of benzene rings is 1. The standard InChI is InChI=1S/C8H6FNO/c1-5-2-7-8(3-6(5)9)11-4-10-7/h2-4H,1H3. The minimum atomic E-state index is -0.255. The Morgan fingerprint density at radius 3 is 3.09 bits per heavy atom. The number of fused-ring (bicyclic) bond motifs is 1. The highest BCUT2D eigenvalue weighted by molar-refractivity contribution is 5.72. The van der Waals surface area contributed by atoms with Crippen molar-refractivity contribution in [3.8, 4) is 0 Å². The Hall–Kier alpha value is -1.38. The zero-order chi connectivity index (χ0) is 7.84. The van der Waals surface area contributed by atoms with Crippen molar-refractivity contribution in [2.45, 2.75) is 6.92 Å². The van der Waals surface area contributed by atoms with Crippen molar-refractivity contribution in [1.82, 2.24) is 4.98 Å². The van der Waals surface area contributed by atoms with Gasteiger partial charge in [0.1, 0.15) is 11.3 Å². The fourth-order valence-electron chi connectivity index (χ4n) is 0.983. The Labute approximate surface area is 62.7 Å². The molecule has 2 nitrogen and oxygen atoms in total. The van der Waals surface area contributed by atoms with Crippen molar-refractivity contribution < 1.29 is 8.81 Å². The molecule has 11 heavy (non-hydrogen) atoms. The predicted octanol–water partition coefficient (Wildman–Crippen LogP) is 2.28. The third-order valence-electron chi connectivity index (χ3n) is 1.61. The van der Waals surface area contributed by atoms with Crippen LogP contribution in [0.25, 0.3) is 11.1 Å². The third kappa shape index (κ3) is 0.888. The van der Waals surface area contributed by atoms with Gasteiger partial charge in [-0.15, -0.1) is 0 Å². The first kappa shape index (κ1) is 6.34. The molecule has 0 spiro atoms. The molecule has 1 aromatic carbocycles. The molecule has 0 saturated heterocycles. The summed E-state index contributed by atoms with van der Waals surface area (Å²) in [6.45, 7) is 1.70. The van der Waals surface area contributed by atoms with Crippen molar-refractivity contribution in [3.63, 3.8) is 0 Å². The summed E-state index contributed by atoms with van der Waals surface area (Å²) in [6.07, 6.45) is 1.31. The number of hydrogen-bond donors (Lipinski definition) is 0. The van der Waals surface area contributed by atoms with Crippen molar-refractivity contribution in [2.24, 2.45) is 0 Å². The summed E-state index contributed by atoms with van der Waals surface area (Å²) in [6, 6.07) is 3.01. The smallest absolute Gasteiger partial charge is 0.181 e. The van der Waals surface area contributed by atoms with Gasteiger partial charge in [0.05, 0.1) is 0 Å². The van der Waals surface area contributed by atoms with E-state index in [1.807, 2.05) is 0 Å². The fraction of sp³-hybridized carbons (Fsp3) is 0.125. The Kier molecular flexibility index (Phi) is 1.18. The molecule has 0 radical (unpaired) electrons. The van der Waals surface area contributed by atoms with Crippen LogP contribution < -0.4 is 0 Å². The Morgan fingerprint density at radius 2 is 2.27 bits per heavy atom. The van der Waals surface area contributed by atoms with Gasteiger partial charge in [-0.25, -0.2) is 9.37 Å². The molecule has 2 aromatic rings. The lowest BCUT2D eigenvalue weighted by Gasteiger charge is -1.92. The molecule has 0 amide bonds. The van der Waals surface area contributed by atoms with E-state index in [9.17, 15) is 4.39 Å². The largest absolute Gasteiger partial charge is 0.443 e. The van der Waals surface area contributed by atoms with Crippen LogP contribution in [0.3, 0.4) is 0 Å². The number of halogens is 1. The normalized spacial score (nSPS) is 10.7. The van der Waals surface area contributed by atoms with E-state index in [1.54, 1.807) is 13.0 Å². The maximum atomic E-state index is 12.8. The van der Waals surface area contributed by atoms with Gasteiger partial charge in [0, 0.05) is 6.07 Å². The minimum absolute atomic E-state index is 0.255. The highest BCUT2D eigenvalue weighted by Crippen LogP contribution is 2.16. The average Bonchev–Trinajstić information content (AvgIpc) is 2.36. The van der Waals surface area contributed by atoms with Crippen LogP contribution in [0.4, 0.5) is 4.39 Å². The summed E-state index contributed by atoms with van der Waals surface area (Å²) < 4.78 is 17.7. The van der Waals surface area contributed by atoms with Crippen molar-refractivity contribution in [2.75, 3.05) is 0 Å². The van der Waals surface area contributed by atoms with Gasteiger partial charge in [-0.3, -0.25) is 0 Å². The first-order chi connectivity index (χ1) is 5.27. The van der Waals surface area contributed by atoms with E-state index in [2.05, 4.69) is 4.98 Å². The molecule has 1 aromatic heterocycles. The molecule has 0 N–H and O–H groups in total. The summed E-state index contributed by atoms with van der Waals surface area (Å²) in [5, 5.41) is 0. The summed E-state index contributed by atoms with van der Waals surface area (Å²) in [5.74, 6) is -0.255. The van der Waals surface area contributed by atoms with Gasteiger partial charge in [0.2, 0.25) is 0 Å². The van der Waals surface area contributed by atoms with E-state index in [1.165, 1.54) is 12.5 Å². The second-order valence-corrected chi connectivity index (χ2v) is 2.42. The van der Waals surface area contributed by atoms with Crippen LogP contribution in [0.15, 0.2) is 22.9 Å². The zero-order valence-electron chi connectivity index (χ0n) is 5.97. The fourth-order valence-corrected chi connectivity index (χ4v) is 0.983. The summed E-state index contributed by atoms with van der Waals surface area (Å²) in [4.78, 5) is 3.89. The van der Waals surface area contributed by atoms with Crippen molar-refractivity contribution >= 4 is 11.1 Å². The van der Waals surface area contributed by atoms with Gasteiger partial charge in [0.15, 0.2) is 12.0 Å². The van der Waals surface area contributed by atoms with Gasteiger partial charge in [-0.2, -0.15) is 0 Å². The SMILES string of the molecule is Cc1cc2ncoc2cc1F. The van der Waals surface area contributed by atoms with Crippen LogP contribution in [-0.4, -0.2) is 4.98 Å². The zero-order valence-corrected chi connectivity index (χ0v) is 5.97. The van der Waals surface area contributed by atoms with Gasteiger partial charge in [0.25, 0.3) is 0 Å². The lowest BCUT2D eigenvalue weighted by molar-refractivity contribution is 0.588. The second kappa shape index (κ2) is 2.05. The van der Waals surface area contributed by atoms with E-state index in [0.29, 0.717) is 16.7 Å². The number of rotatable bonds is 0. The maximum absolute atomic E-state index is 12.8. The van der Waals surface area contributed by atoms with Crippen LogP contribution in [0.1, 0.15) is 5.56 Å². The molecule has 3 heteroatoms. The summed E-state index contributed by atoms with van der Waals surface area (Å²) in [7, 11) is 0. The minimum Gasteiger partial charge on any atom is -0.443 e. The number of aromatic nitrogens is 1. The van der Waals surface area contributed by atoms with E-state index in [4.69, 9.17) is 4.42 Å². The number of hydrogen-bond acceptors (Lipinski definition) is 2. The lowest BCUT2D eigenvalue weighted by Crippen LogP contribution is -1.80. The van der Waals surface area contributed by atoms with E-state index in [0.717, 1.165) is 0 Å². The molecule has 0 atom stereocenters. The van der Waals surface area contributed by atoms with E-state index < -0.39 is 0 Å². The highest BCUT2D eigenvalue weighted by atomic mass is 19.1. The topological polar surface area (TPSA) is 26.0 Å². The first-order valence-electron chi connectivity index (χ1n) is 3.27.